The van der Waals surface area contributed by atoms with Crippen molar-refractivity contribution in [1.82, 2.24) is 5.32 Å². The minimum Gasteiger partial charge on any atom is -0.392 e. The highest BCUT2D eigenvalue weighted by molar-refractivity contribution is 5.95. The Bertz CT molecular complexity index is 678. The highest BCUT2D eigenvalue weighted by Gasteiger charge is 2.27. The van der Waals surface area contributed by atoms with Gasteiger partial charge in [-0.05, 0) is 48.9 Å². The van der Waals surface area contributed by atoms with Gasteiger partial charge in [0.25, 0.3) is 0 Å². The molecule has 1 fully saturated rings. The quantitative estimate of drug-likeness (QED) is 0.742. The van der Waals surface area contributed by atoms with Gasteiger partial charge in [0.15, 0.2) is 0 Å². The van der Waals surface area contributed by atoms with Crippen molar-refractivity contribution in [3.63, 3.8) is 0 Å². The first-order valence-corrected chi connectivity index (χ1v) is 8.56. The van der Waals surface area contributed by atoms with Gasteiger partial charge in [-0.25, -0.2) is 0 Å². The normalized spacial score (nSPS) is 19.2. The van der Waals surface area contributed by atoms with Crippen LogP contribution in [-0.2, 0) is 17.6 Å². The zero-order valence-corrected chi connectivity index (χ0v) is 15.0. The van der Waals surface area contributed by atoms with Gasteiger partial charge >= 0.3 is 0 Å². The number of nitrogens with one attached hydrogen (secondary N) is 2. The number of carbonyl (C=O) groups is 1. The number of aliphatic hydroxyl groups excluding tert-OH is 1. The predicted octanol–water partition coefficient (Wildman–Crippen LogP) is 2.95. The van der Waals surface area contributed by atoms with Crippen LogP contribution in [0, 0.1) is 0 Å². The monoisotopic (exact) mass is 360 g/mol. The molecular weight excluding hydrogens is 336 g/mol. The second-order valence-electron chi connectivity index (χ2n) is 6.38. The van der Waals surface area contributed by atoms with Gasteiger partial charge in [0.05, 0.1) is 12.1 Å². The molecule has 25 heavy (non-hydrogen) atoms. The zero-order chi connectivity index (χ0) is 16.8. The summed E-state index contributed by atoms with van der Waals surface area (Å²) in [5.74, 6) is -0.0759. The largest absolute Gasteiger partial charge is 0.392 e. The number of hydrogen-bond donors (Lipinski definition) is 3. The summed E-state index contributed by atoms with van der Waals surface area (Å²) in [6, 6.07) is 18.2. The molecular formula is C20H25ClN2O2. The van der Waals surface area contributed by atoms with Crippen LogP contribution in [0.5, 0.6) is 0 Å². The van der Waals surface area contributed by atoms with Crippen molar-refractivity contribution in [2.75, 3.05) is 11.9 Å². The highest BCUT2D eigenvalue weighted by Crippen LogP contribution is 2.15. The first-order chi connectivity index (χ1) is 11.7. The smallest absolute Gasteiger partial charge is 0.241 e. The Balaban J connectivity index is 0.00000225. The highest BCUT2D eigenvalue weighted by atomic mass is 35.5. The molecule has 1 amide bonds. The average molecular weight is 361 g/mol. The van der Waals surface area contributed by atoms with Gasteiger partial charge in [-0.2, -0.15) is 0 Å². The second-order valence-corrected chi connectivity index (χ2v) is 6.38. The fourth-order valence-electron chi connectivity index (χ4n) is 3.09. The Kier molecular flexibility index (Phi) is 7.44. The molecule has 0 radical (unpaired) electrons. The van der Waals surface area contributed by atoms with Crippen LogP contribution in [0.2, 0.25) is 0 Å². The molecule has 2 aromatic carbocycles. The number of aryl methyl sites for hydroxylation is 2. The van der Waals surface area contributed by atoms with Crippen LogP contribution in [0.1, 0.15) is 24.0 Å². The van der Waals surface area contributed by atoms with Gasteiger partial charge in [0.2, 0.25) is 5.91 Å². The third kappa shape index (κ3) is 5.85. The maximum Gasteiger partial charge on any atom is 0.241 e. The van der Waals surface area contributed by atoms with E-state index in [1.165, 1.54) is 11.1 Å². The molecule has 0 bridgehead atoms. The molecule has 4 nitrogen and oxygen atoms in total. The topological polar surface area (TPSA) is 61.4 Å². The van der Waals surface area contributed by atoms with Gasteiger partial charge < -0.3 is 15.7 Å². The van der Waals surface area contributed by atoms with Crippen LogP contribution >= 0.6 is 12.4 Å². The molecule has 2 atom stereocenters. The van der Waals surface area contributed by atoms with Gasteiger partial charge in [-0.1, -0.05) is 42.5 Å². The number of β-amino-alcohol motifs (C(OH)–C–C–N with tert-alkyl or cyclic N) is 1. The van der Waals surface area contributed by atoms with Crippen molar-refractivity contribution >= 4 is 24.0 Å². The van der Waals surface area contributed by atoms with Crippen LogP contribution in [0.3, 0.4) is 0 Å². The summed E-state index contributed by atoms with van der Waals surface area (Å²) in [5.41, 5.74) is 3.40. The Hall–Kier alpha value is -1.88. The molecule has 1 aliphatic rings. The fraction of sp³-hybridized carbons (Fsp3) is 0.350. The zero-order valence-electron chi connectivity index (χ0n) is 14.2. The van der Waals surface area contributed by atoms with E-state index in [0.717, 1.165) is 24.9 Å². The molecule has 0 saturated carbocycles. The minimum atomic E-state index is -0.426. The van der Waals surface area contributed by atoms with E-state index >= 15 is 0 Å². The summed E-state index contributed by atoms with van der Waals surface area (Å²) in [6.07, 6.45) is 3.17. The Morgan fingerprint density at radius 2 is 1.80 bits per heavy atom. The Morgan fingerprint density at radius 1 is 1.08 bits per heavy atom. The maximum absolute atomic E-state index is 12.2. The van der Waals surface area contributed by atoms with Crippen molar-refractivity contribution in [3.8, 4) is 0 Å². The van der Waals surface area contributed by atoms with Crippen LogP contribution in [-0.4, -0.2) is 29.7 Å². The molecule has 2 aromatic rings. The summed E-state index contributed by atoms with van der Waals surface area (Å²) < 4.78 is 0. The van der Waals surface area contributed by atoms with Crippen LogP contribution in [0.25, 0.3) is 0 Å². The Morgan fingerprint density at radius 3 is 2.52 bits per heavy atom. The number of benzene rings is 2. The van der Waals surface area contributed by atoms with E-state index in [4.69, 9.17) is 0 Å². The summed E-state index contributed by atoms with van der Waals surface area (Å²) in [4.78, 5) is 12.2. The van der Waals surface area contributed by atoms with Crippen molar-refractivity contribution in [1.29, 1.82) is 0 Å². The summed E-state index contributed by atoms with van der Waals surface area (Å²) in [5, 5.41) is 15.5. The molecule has 3 rings (SSSR count). The predicted molar refractivity (Wildman–Crippen MR) is 103 cm³/mol. The van der Waals surface area contributed by atoms with Crippen LogP contribution in [0.4, 0.5) is 5.69 Å². The van der Waals surface area contributed by atoms with Crippen LogP contribution < -0.4 is 10.6 Å². The van der Waals surface area contributed by atoms with Gasteiger partial charge in [-0.15, -0.1) is 12.4 Å². The third-order valence-electron chi connectivity index (χ3n) is 4.39. The number of aliphatic hydroxyl groups is 1. The van der Waals surface area contributed by atoms with Crippen molar-refractivity contribution < 1.29 is 9.90 Å². The fourth-order valence-corrected chi connectivity index (χ4v) is 3.09. The first kappa shape index (κ1) is 19.4. The SMILES string of the molecule is Cl.O=C(Nc1cccc(CCCc2ccccc2)c1)C1CC(O)CN1. The number of rotatable bonds is 6. The average Bonchev–Trinajstić information content (AvgIpc) is 3.03. The Labute approximate surface area is 155 Å². The molecule has 5 heteroatoms. The standard InChI is InChI=1S/C20H24N2O2.ClH/c23-18-13-19(21-14-18)20(24)22-17-11-5-10-16(12-17)9-4-8-15-6-2-1-3-7-15;/h1-3,5-7,10-12,18-19,21,23H,4,8-9,13-14H2,(H,22,24);1H. The lowest BCUT2D eigenvalue weighted by molar-refractivity contribution is -0.117. The van der Waals surface area contributed by atoms with E-state index in [-0.39, 0.29) is 24.4 Å². The number of halogens is 1. The summed E-state index contributed by atoms with van der Waals surface area (Å²) >= 11 is 0. The summed E-state index contributed by atoms with van der Waals surface area (Å²) in [6.45, 7) is 0.484. The molecule has 2 unspecified atom stereocenters. The van der Waals surface area contributed by atoms with Gasteiger partial charge in [0, 0.05) is 12.2 Å². The molecule has 0 aromatic heterocycles. The molecule has 3 N–H and O–H groups in total. The van der Waals surface area contributed by atoms with Crippen molar-refractivity contribution in [3.05, 3.63) is 65.7 Å². The lowest BCUT2D eigenvalue weighted by Crippen LogP contribution is -2.35. The van der Waals surface area contributed by atoms with Gasteiger partial charge in [0.1, 0.15) is 0 Å². The molecule has 134 valence electrons. The first-order valence-electron chi connectivity index (χ1n) is 8.56. The maximum atomic E-state index is 12.2. The van der Waals surface area contributed by atoms with Crippen molar-refractivity contribution in [2.24, 2.45) is 0 Å². The van der Waals surface area contributed by atoms with E-state index in [1.807, 2.05) is 24.3 Å². The lowest BCUT2D eigenvalue weighted by atomic mass is 10.0. The summed E-state index contributed by atoms with van der Waals surface area (Å²) in [7, 11) is 0. The number of amides is 1. The molecule has 1 heterocycles. The number of hydrogen-bond acceptors (Lipinski definition) is 3. The lowest BCUT2D eigenvalue weighted by Gasteiger charge is -2.12. The molecule has 0 aliphatic carbocycles. The van der Waals surface area contributed by atoms with Gasteiger partial charge in [-0.3, -0.25) is 4.79 Å². The molecule has 1 aliphatic heterocycles. The minimum absolute atomic E-state index is 0. The van der Waals surface area contributed by atoms with E-state index in [0.29, 0.717) is 13.0 Å². The number of anilines is 1. The number of carbonyl (C=O) groups excluding carboxylic acids is 1. The molecule has 0 spiro atoms. The van der Waals surface area contributed by atoms with E-state index in [1.54, 1.807) is 0 Å². The second kappa shape index (κ2) is 9.56. The third-order valence-corrected chi connectivity index (χ3v) is 4.39. The van der Waals surface area contributed by atoms with Crippen molar-refractivity contribution in [2.45, 2.75) is 37.8 Å². The molecule has 1 saturated heterocycles. The van der Waals surface area contributed by atoms with E-state index < -0.39 is 6.10 Å². The van der Waals surface area contributed by atoms with Crippen LogP contribution in [0.15, 0.2) is 54.6 Å². The van der Waals surface area contributed by atoms with E-state index in [9.17, 15) is 9.90 Å². The van der Waals surface area contributed by atoms with E-state index in [2.05, 4.69) is 41.0 Å².